The number of rotatable bonds is 42. The van der Waals surface area contributed by atoms with Crippen LogP contribution in [0.25, 0.3) is 5.69 Å². The van der Waals surface area contributed by atoms with Crippen LogP contribution in [0.5, 0.6) is 11.6 Å². The van der Waals surface area contributed by atoms with E-state index in [2.05, 4.69) is 25.4 Å². The predicted octanol–water partition coefficient (Wildman–Crippen LogP) is 7.11. The summed E-state index contributed by atoms with van der Waals surface area (Å²) in [4.78, 5) is 21.0. The number of hydrogen-bond acceptors (Lipinski definition) is 20. The van der Waals surface area contributed by atoms with E-state index in [9.17, 15) is 35.1 Å². The monoisotopic (exact) mass is 1380 g/mol. The fourth-order valence-electron chi connectivity index (χ4n) is 11.4. The van der Waals surface area contributed by atoms with Gasteiger partial charge in [0.15, 0.2) is 11.8 Å². The van der Waals surface area contributed by atoms with Crippen LogP contribution < -0.4 is 29.2 Å². The van der Waals surface area contributed by atoms with Crippen molar-refractivity contribution in [2.45, 2.75) is 87.2 Å². The lowest BCUT2D eigenvalue weighted by atomic mass is 9.77. The minimum atomic E-state index is -4.64. The predicted molar refractivity (Wildman–Crippen MR) is 351 cm³/mol. The molecule has 0 spiro atoms. The van der Waals surface area contributed by atoms with Crippen molar-refractivity contribution in [3.63, 3.8) is 0 Å². The SMILES string of the molecule is CCN1\C(=C/C=C/C=C/C2=[N+](CC)c3cc(S(=O)(=O)[O-])ccc3C2(C)C)C(C)(CCCC(=O)NCCOCCOCCOCCOCCOCCOCCOCCOCc2[nH]nc(N3CC(Oc4ccc(F)cc4Cl)C3)[n+]2-c2ccc(OC)nc2)c2cc(S(=O)(=O)O)ccc21. The van der Waals surface area contributed by atoms with Gasteiger partial charge in [0.2, 0.25) is 23.3 Å². The summed E-state index contributed by atoms with van der Waals surface area (Å²) in [5.74, 6) is 1.66. The molecular weight excluding hydrogens is 1300 g/mol. The molecule has 0 bridgehead atoms. The summed E-state index contributed by atoms with van der Waals surface area (Å²) in [6.45, 7) is 18.5. The van der Waals surface area contributed by atoms with E-state index in [0.717, 1.165) is 33.9 Å². The summed E-state index contributed by atoms with van der Waals surface area (Å²) >= 11 is 6.17. The molecule has 1 saturated heterocycles. The highest BCUT2D eigenvalue weighted by Crippen LogP contribution is 2.51. The van der Waals surface area contributed by atoms with Gasteiger partial charge >= 0.3 is 5.95 Å². The molecule has 0 radical (unpaired) electrons. The first kappa shape index (κ1) is 74.0. The van der Waals surface area contributed by atoms with E-state index in [1.54, 1.807) is 31.5 Å². The van der Waals surface area contributed by atoms with E-state index in [1.807, 2.05) is 85.1 Å². The number of allylic oxidation sites excluding steroid dienone is 6. The molecule has 5 aromatic rings. The molecule has 8 rings (SSSR count). The highest BCUT2D eigenvalue weighted by atomic mass is 35.5. The topological polar surface area (TPSA) is 288 Å². The molecular formula is C66H87ClFN8O17S2+. The molecule has 1 unspecified atom stereocenters. The maximum absolute atomic E-state index is 13.5. The van der Waals surface area contributed by atoms with E-state index in [-0.39, 0.29) is 39.9 Å². The zero-order valence-corrected chi connectivity index (χ0v) is 57.0. The Labute approximate surface area is 560 Å². The number of aromatic amines is 1. The van der Waals surface area contributed by atoms with E-state index < -0.39 is 36.9 Å². The van der Waals surface area contributed by atoms with E-state index >= 15 is 0 Å². The van der Waals surface area contributed by atoms with Crippen LogP contribution in [0.15, 0.2) is 119 Å². The average molecular weight is 1380 g/mol. The largest absolute Gasteiger partial charge is 0.744 e. The number of likely N-dealkylation sites (N-methyl/N-ethyl adjacent to an activating group) is 1. The molecule has 25 nitrogen and oxygen atoms in total. The van der Waals surface area contributed by atoms with Crippen LogP contribution in [0.1, 0.15) is 70.8 Å². The number of nitrogens with zero attached hydrogens (tertiary/aromatic N) is 6. The minimum Gasteiger partial charge on any atom is -0.744 e. The first-order valence-electron chi connectivity index (χ1n) is 31.6. The van der Waals surface area contributed by atoms with Crippen LogP contribution >= 0.6 is 11.6 Å². The Balaban J connectivity index is 0.625. The number of fused-ring (bicyclic) bond motifs is 2. The molecule has 29 heteroatoms. The van der Waals surface area contributed by atoms with Crippen molar-refractivity contribution in [3.8, 4) is 17.3 Å². The first-order chi connectivity index (χ1) is 45.7. The van der Waals surface area contributed by atoms with E-state index in [0.29, 0.717) is 174 Å². The number of ether oxygens (including phenoxy) is 10. The number of nitrogens with one attached hydrogen (secondary N) is 2. The molecule has 1 atom stereocenters. The van der Waals surface area contributed by atoms with Gasteiger partial charge in [0.1, 0.15) is 40.5 Å². The van der Waals surface area contributed by atoms with Crippen LogP contribution in [-0.4, -0.2) is 202 Å². The van der Waals surface area contributed by atoms with Crippen molar-refractivity contribution in [3.05, 3.63) is 137 Å². The number of halogens is 2. The molecule has 3 N–H and O–H groups in total. The second-order valence-electron chi connectivity index (χ2n) is 23.0. The van der Waals surface area contributed by atoms with Gasteiger partial charge in [-0.2, -0.15) is 22.7 Å². The fourth-order valence-corrected chi connectivity index (χ4v) is 12.7. The molecule has 5 heterocycles. The van der Waals surface area contributed by atoms with Crippen LogP contribution in [0.2, 0.25) is 5.02 Å². The summed E-state index contributed by atoms with van der Waals surface area (Å²) < 4.78 is 144. The maximum Gasteiger partial charge on any atom is 0.385 e. The fraction of sp³-hybridized carbons (Fsp3) is 0.500. The van der Waals surface area contributed by atoms with Gasteiger partial charge in [-0.25, -0.2) is 17.8 Å². The summed E-state index contributed by atoms with van der Waals surface area (Å²) in [6, 6.07) is 16.8. The molecule has 95 heavy (non-hydrogen) atoms. The summed E-state index contributed by atoms with van der Waals surface area (Å²) in [6.07, 6.45) is 12.3. The summed E-state index contributed by atoms with van der Waals surface area (Å²) in [5.41, 5.74) is 4.49. The lowest BCUT2D eigenvalue weighted by Crippen LogP contribution is -2.58. The molecule has 518 valence electrons. The van der Waals surface area contributed by atoms with Gasteiger partial charge in [0, 0.05) is 65.2 Å². The van der Waals surface area contributed by atoms with Crippen LogP contribution in [0.3, 0.4) is 0 Å². The third-order valence-corrected chi connectivity index (χ3v) is 18.3. The summed E-state index contributed by atoms with van der Waals surface area (Å²) in [7, 11) is -7.58. The number of carbonyl (C=O) groups excluding carboxylic acids is 1. The highest BCUT2D eigenvalue weighted by molar-refractivity contribution is 7.86. The lowest BCUT2D eigenvalue weighted by molar-refractivity contribution is -0.595. The van der Waals surface area contributed by atoms with Gasteiger partial charge in [-0.1, -0.05) is 35.9 Å². The Bertz CT molecular complexity index is 3720. The molecule has 0 saturated carbocycles. The quantitative estimate of drug-likeness (QED) is 0.0152. The van der Waals surface area contributed by atoms with Crippen LogP contribution in [0.4, 0.5) is 21.7 Å². The van der Waals surface area contributed by atoms with Crippen LogP contribution in [0, 0.1) is 5.82 Å². The van der Waals surface area contributed by atoms with Crippen molar-refractivity contribution in [2.24, 2.45) is 0 Å². The number of carbonyl (C=O) groups is 1. The zero-order valence-electron chi connectivity index (χ0n) is 54.6. The Morgan fingerprint density at radius 2 is 1.41 bits per heavy atom. The van der Waals surface area contributed by atoms with Crippen molar-refractivity contribution >= 4 is 60.8 Å². The number of hydrogen-bond donors (Lipinski definition) is 3. The van der Waals surface area contributed by atoms with Gasteiger partial charge in [0.05, 0.1) is 146 Å². The number of methoxy groups -OCH3 is 1. The maximum atomic E-state index is 13.5. The number of pyridine rings is 1. The Kier molecular flexibility index (Phi) is 27.6. The van der Waals surface area contributed by atoms with Gasteiger partial charge < -0.3 is 62.1 Å². The highest BCUT2D eigenvalue weighted by Gasteiger charge is 2.45. The molecule has 3 aromatic carbocycles. The second kappa shape index (κ2) is 35.5. The average Bonchev–Trinajstić information content (AvgIpc) is 1.60. The van der Waals surface area contributed by atoms with Gasteiger partial charge in [-0.15, -0.1) is 0 Å². The van der Waals surface area contributed by atoms with Gasteiger partial charge in [0.25, 0.3) is 10.1 Å². The van der Waals surface area contributed by atoms with E-state index in [4.69, 9.17) is 59.0 Å². The Hall–Kier alpha value is -6.77. The molecule has 3 aliphatic rings. The van der Waals surface area contributed by atoms with Crippen LogP contribution in [-0.2, 0) is 80.4 Å². The van der Waals surface area contributed by atoms with Crippen molar-refractivity contribution in [1.29, 1.82) is 0 Å². The molecule has 3 aliphatic heterocycles. The van der Waals surface area contributed by atoms with Crippen molar-refractivity contribution in [1.82, 2.24) is 20.5 Å². The molecule has 1 amide bonds. The third-order valence-electron chi connectivity index (χ3n) is 16.3. The Morgan fingerprint density at radius 3 is 1.98 bits per heavy atom. The molecule has 2 aromatic heterocycles. The molecule has 1 fully saturated rings. The molecule has 0 aliphatic carbocycles. The lowest BCUT2D eigenvalue weighted by Gasteiger charge is -2.35. The Morgan fingerprint density at radius 1 is 0.789 bits per heavy atom. The van der Waals surface area contributed by atoms with Crippen molar-refractivity contribution < 1.29 is 91.6 Å². The number of H-pyrrole nitrogens is 1. The van der Waals surface area contributed by atoms with Crippen molar-refractivity contribution in [2.75, 3.05) is 149 Å². The number of amides is 1. The third kappa shape index (κ3) is 20.2. The number of anilines is 2. The normalized spacial score (nSPS) is 16.8. The first-order valence-corrected chi connectivity index (χ1v) is 34.9. The summed E-state index contributed by atoms with van der Waals surface area (Å²) in [5, 5.41) is 10.8. The van der Waals surface area contributed by atoms with E-state index in [1.165, 1.54) is 42.5 Å². The number of benzene rings is 3. The number of aromatic nitrogens is 4. The minimum absolute atomic E-state index is 0.151. The second-order valence-corrected chi connectivity index (χ2v) is 26.2. The standard InChI is InChI=1S/C66H86ClFN8O17S2/c1-7-74-56-21-19-51(94(78,79)80)42-54(56)66(5,60(74)14-11-9-10-13-59-65(3,4)53-20-18-52(95(81,82)83)43-57(53)75(59)8-2)24-12-15-62(77)69-25-26-85-27-28-86-29-30-87-31-32-88-33-34-89-35-36-90-37-38-91-39-40-92-47-61-71-72-64(76(61)49-17-23-63(84-6)70-44-49)73-45-50(46-73)93-58-22-16-48(68)41-55(58)67/h9-11,13-14,16-23,41-44,50H,7-8,12,15,24-40,45-47H2,1-6H3,(H2-,69,77,78,79,80,81,82,83)/p+1. The zero-order chi connectivity index (χ0) is 68.0. The van der Waals surface area contributed by atoms with Gasteiger partial charge in [-0.3, -0.25) is 14.2 Å². The van der Waals surface area contributed by atoms with Gasteiger partial charge in [-0.05, 0) is 108 Å². The smallest absolute Gasteiger partial charge is 0.385 e.